The molecule has 0 atom stereocenters. The molecule has 0 unspecified atom stereocenters. The average Bonchev–Trinajstić information content (AvgIpc) is 2.46. The Morgan fingerprint density at radius 1 is 0.875 bits per heavy atom. The van der Waals surface area contributed by atoms with Crippen LogP contribution < -0.4 is 5.32 Å². The van der Waals surface area contributed by atoms with Crippen molar-refractivity contribution in [2.45, 2.75) is 6.18 Å². The van der Waals surface area contributed by atoms with Gasteiger partial charge in [-0.05, 0) is 36.4 Å². The van der Waals surface area contributed by atoms with Crippen LogP contribution in [0, 0.1) is 0 Å². The van der Waals surface area contributed by atoms with Gasteiger partial charge in [-0.3, -0.25) is 0 Å². The third-order valence-electron chi connectivity index (χ3n) is 2.37. The largest absolute Gasteiger partial charge is 0.490 e. The summed E-state index contributed by atoms with van der Waals surface area (Å²) >= 11 is 23.9. The predicted molar refractivity (Wildman–Crippen MR) is 89.9 cm³/mol. The molecule has 0 fully saturated rings. The topological polar surface area (TPSA) is 49.3 Å². The second-order valence-corrected chi connectivity index (χ2v) is 5.86. The summed E-state index contributed by atoms with van der Waals surface area (Å²) in [4.78, 5) is 8.90. The number of carboxylic acid groups (broad SMARTS) is 1. The second kappa shape index (κ2) is 8.67. The lowest BCUT2D eigenvalue weighted by Crippen LogP contribution is -2.21. The Morgan fingerprint density at radius 3 is 1.50 bits per heavy atom. The van der Waals surface area contributed by atoms with Gasteiger partial charge >= 0.3 is 12.1 Å². The first kappa shape index (κ1) is 20.7. The van der Waals surface area contributed by atoms with Crippen LogP contribution in [0.4, 0.5) is 24.5 Å². The van der Waals surface area contributed by atoms with Crippen molar-refractivity contribution in [3.63, 3.8) is 0 Å². The molecule has 2 aromatic carbocycles. The van der Waals surface area contributed by atoms with Crippen LogP contribution >= 0.6 is 46.4 Å². The van der Waals surface area contributed by atoms with E-state index in [1.807, 2.05) is 0 Å². The van der Waals surface area contributed by atoms with E-state index in [0.29, 0.717) is 31.5 Å². The van der Waals surface area contributed by atoms with Gasteiger partial charge < -0.3 is 10.4 Å². The van der Waals surface area contributed by atoms with Crippen molar-refractivity contribution in [3.8, 4) is 0 Å². The number of alkyl halides is 3. The van der Waals surface area contributed by atoms with Gasteiger partial charge in [0.2, 0.25) is 0 Å². The molecule has 3 nitrogen and oxygen atoms in total. The van der Waals surface area contributed by atoms with E-state index < -0.39 is 12.1 Å². The van der Waals surface area contributed by atoms with Crippen LogP contribution in [0.25, 0.3) is 0 Å². The first-order chi connectivity index (χ1) is 11.0. The molecule has 0 aliphatic rings. The van der Waals surface area contributed by atoms with Gasteiger partial charge in [-0.25, -0.2) is 4.79 Å². The van der Waals surface area contributed by atoms with Gasteiger partial charge in [0.1, 0.15) is 0 Å². The number of anilines is 2. The molecular formula is C14H8Cl4F3NO2. The lowest BCUT2D eigenvalue weighted by Gasteiger charge is -2.10. The molecule has 2 N–H and O–H groups in total. The Morgan fingerprint density at radius 2 is 1.21 bits per heavy atom. The maximum absolute atomic E-state index is 10.6. The molecule has 0 heterocycles. The highest BCUT2D eigenvalue weighted by Crippen LogP contribution is 2.32. The SMILES string of the molecule is Clc1ccc(Cl)c(Nc2cc(Cl)ccc2Cl)c1.O=C(O)C(F)(F)F. The van der Waals surface area contributed by atoms with E-state index >= 15 is 0 Å². The zero-order valence-corrected chi connectivity index (χ0v) is 14.5. The summed E-state index contributed by atoms with van der Waals surface area (Å²) in [7, 11) is 0. The van der Waals surface area contributed by atoms with Crippen LogP contribution in [0.3, 0.4) is 0 Å². The van der Waals surface area contributed by atoms with E-state index in [9.17, 15) is 13.2 Å². The maximum atomic E-state index is 10.6. The molecule has 0 saturated carbocycles. The van der Waals surface area contributed by atoms with Gasteiger partial charge in [-0.1, -0.05) is 46.4 Å². The molecule has 2 aromatic rings. The van der Waals surface area contributed by atoms with E-state index in [1.54, 1.807) is 36.4 Å². The lowest BCUT2D eigenvalue weighted by molar-refractivity contribution is -0.192. The molecule has 0 amide bonds. The minimum atomic E-state index is -5.08. The molecule has 0 aliphatic carbocycles. The minimum Gasteiger partial charge on any atom is -0.475 e. The molecule has 10 heteroatoms. The van der Waals surface area contributed by atoms with Crippen LogP contribution in [0.2, 0.25) is 20.1 Å². The summed E-state index contributed by atoms with van der Waals surface area (Å²) in [5.41, 5.74) is 1.37. The molecular weight excluding hydrogens is 413 g/mol. The summed E-state index contributed by atoms with van der Waals surface area (Å²) < 4.78 is 31.7. The highest BCUT2D eigenvalue weighted by Gasteiger charge is 2.38. The molecule has 24 heavy (non-hydrogen) atoms. The number of hydrogen-bond acceptors (Lipinski definition) is 2. The fourth-order valence-corrected chi connectivity index (χ4v) is 2.01. The van der Waals surface area contributed by atoms with Gasteiger partial charge in [0.15, 0.2) is 0 Å². The van der Waals surface area contributed by atoms with Gasteiger partial charge in [0, 0.05) is 10.0 Å². The van der Waals surface area contributed by atoms with E-state index in [2.05, 4.69) is 5.32 Å². The number of halogens is 7. The summed E-state index contributed by atoms with van der Waals surface area (Å²) in [6.45, 7) is 0. The Balaban J connectivity index is 0.000000351. The zero-order chi connectivity index (χ0) is 18.5. The Kier molecular flexibility index (Phi) is 7.48. The highest BCUT2D eigenvalue weighted by molar-refractivity contribution is 6.37. The number of hydrogen-bond donors (Lipinski definition) is 2. The molecule has 130 valence electrons. The van der Waals surface area contributed by atoms with E-state index in [4.69, 9.17) is 56.3 Å². The minimum absolute atomic E-state index is 0.561. The van der Waals surface area contributed by atoms with Crippen LogP contribution in [0.5, 0.6) is 0 Å². The predicted octanol–water partition coefficient (Wildman–Crippen LogP) is 6.68. The number of carboxylic acids is 1. The van der Waals surface area contributed by atoms with Crippen LogP contribution in [0.15, 0.2) is 36.4 Å². The molecule has 0 bridgehead atoms. The Hall–Kier alpha value is -1.34. The first-order valence-corrected chi connectivity index (χ1v) is 7.49. The number of carbonyl (C=O) groups is 1. The normalized spacial score (nSPS) is 10.6. The maximum Gasteiger partial charge on any atom is 0.490 e. The molecule has 2 rings (SSSR count). The van der Waals surface area contributed by atoms with Crippen LogP contribution in [0.1, 0.15) is 0 Å². The molecule has 0 radical (unpaired) electrons. The average molecular weight is 421 g/mol. The molecule has 0 aliphatic heterocycles. The summed E-state index contributed by atoms with van der Waals surface area (Å²) in [6.07, 6.45) is -5.08. The first-order valence-electron chi connectivity index (χ1n) is 5.98. The highest BCUT2D eigenvalue weighted by atomic mass is 35.5. The van der Waals surface area contributed by atoms with Crippen molar-refractivity contribution < 1.29 is 23.1 Å². The van der Waals surface area contributed by atoms with Gasteiger partial charge in [-0.15, -0.1) is 0 Å². The van der Waals surface area contributed by atoms with Crippen molar-refractivity contribution in [2.75, 3.05) is 5.32 Å². The van der Waals surface area contributed by atoms with Crippen LogP contribution in [-0.2, 0) is 4.79 Å². The third kappa shape index (κ3) is 6.65. The van der Waals surface area contributed by atoms with Crippen molar-refractivity contribution in [1.29, 1.82) is 0 Å². The zero-order valence-electron chi connectivity index (χ0n) is 11.5. The van der Waals surface area contributed by atoms with E-state index in [0.717, 1.165) is 0 Å². The quantitative estimate of drug-likeness (QED) is 0.569. The van der Waals surface area contributed by atoms with Gasteiger partial charge in [0.05, 0.1) is 21.4 Å². The second-order valence-electron chi connectivity index (χ2n) is 4.18. The number of nitrogens with one attached hydrogen (secondary N) is 1. The summed E-state index contributed by atoms with van der Waals surface area (Å²) in [5.74, 6) is -2.76. The molecule has 0 spiro atoms. The van der Waals surface area contributed by atoms with E-state index in [-0.39, 0.29) is 0 Å². The van der Waals surface area contributed by atoms with Crippen molar-refractivity contribution in [2.24, 2.45) is 0 Å². The Bertz CT molecular complexity index is 689. The third-order valence-corrected chi connectivity index (χ3v) is 3.50. The Labute approximate surface area is 154 Å². The lowest BCUT2D eigenvalue weighted by atomic mass is 10.2. The molecule has 0 aromatic heterocycles. The monoisotopic (exact) mass is 419 g/mol. The van der Waals surface area contributed by atoms with E-state index in [1.165, 1.54) is 0 Å². The number of benzene rings is 2. The fourth-order valence-electron chi connectivity index (χ4n) is 1.33. The number of rotatable bonds is 2. The summed E-state index contributed by atoms with van der Waals surface area (Å²) in [5, 5.41) is 12.5. The smallest absolute Gasteiger partial charge is 0.475 e. The van der Waals surface area contributed by atoms with Gasteiger partial charge in [-0.2, -0.15) is 13.2 Å². The molecule has 0 saturated heterocycles. The van der Waals surface area contributed by atoms with Crippen molar-refractivity contribution in [3.05, 3.63) is 56.5 Å². The fraction of sp³-hybridized carbons (Fsp3) is 0.0714. The van der Waals surface area contributed by atoms with Crippen molar-refractivity contribution >= 4 is 63.7 Å². The summed E-state index contributed by atoms with van der Waals surface area (Å²) in [6, 6.07) is 10.3. The van der Waals surface area contributed by atoms with Crippen molar-refractivity contribution in [1.82, 2.24) is 0 Å². The van der Waals surface area contributed by atoms with Crippen LogP contribution in [-0.4, -0.2) is 17.3 Å². The number of aliphatic carboxylic acids is 1. The van der Waals surface area contributed by atoms with Gasteiger partial charge in [0.25, 0.3) is 0 Å². The standard InChI is InChI=1S/C12H7Cl4N.C2HF3O2/c13-7-1-3-9(15)11(5-7)17-12-6-8(14)2-4-10(12)16;3-2(4,5)1(6)7/h1-6,17H;(H,6,7).